The van der Waals surface area contributed by atoms with Gasteiger partial charge in [0.15, 0.2) is 0 Å². The SMILES string of the molecule is CCCCCc1ccc2cc(-c3ccc(-c4ccc(CN)cc4)cc3)ccc2c1. The number of nitrogens with two attached hydrogens (primary N) is 1. The fraction of sp³-hybridized carbons (Fsp3) is 0.214. The van der Waals surface area contributed by atoms with E-state index in [1.54, 1.807) is 0 Å². The van der Waals surface area contributed by atoms with Gasteiger partial charge in [0.2, 0.25) is 0 Å². The molecule has 4 rings (SSSR count). The largest absolute Gasteiger partial charge is 0.326 e. The molecule has 0 atom stereocenters. The average Bonchev–Trinajstić information content (AvgIpc) is 2.79. The molecule has 0 aliphatic rings. The first-order valence-corrected chi connectivity index (χ1v) is 10.7. The Morgan fingerprint density at radius 3 is 1.72 bits per heavy atom. The zero-order valence-electron chi connectivity index (χ0n) is 17.2. The molecule has 0 unspecified atom stereocenters. The maximum atomic E-state index is 5.70. The zero-order valence-corrected chi connectivity index (χ0v) is 17.2. The van der Waals surface area contributed by atoms with Gasteiger partial charge in [-0.15, -0.1) is 0 Å². The van der Waals surface area contributed by atoms with Crippen LogP contribution in [-0.4, -0.2) is 0 Å². The lowest BCUT2D eigenvalue weighted by atomic mass is 9.96. The van der Waals surface area contributed by atoms with Crippen molar-refractivity contribution in [2.45, 2.75) is 39.2 Å². The second-order valence-electron chi connectivity index (χ2n) is 7.83. The van der Waals surface area contributed by atoms with E-state index in [0.29, 0.717) is 6.54 Å². The van der Waals surface area contributed by atoms with E-state index in [-0.39, 0.29) is 0 Å². The van der Waals surface area contributed by atoms with Gasteiger partial charge in [0, 0.05) is 6.54 Å². The predicted molar refractivity (Wildman–Crippen MR) is 126 cm³/mol. The summed E-state index contributed by atoms with van der Waals surface area (Å²) >= 11 is 0. The molecule has 0 saturated carbocycles. The van der Waals surface area contributed by atoms with Crippen LogP contribution in [0.2, 0.25) is 0 Å². The van der Waals surface area contributed by atoms with Crippen LogP contribution >= 0.6 is 0 Å². The summed E-state index contributed by atoms with van der Waals surface area (Å²) in [6.45, 7) is 2.84. The Hall–Kier alpha value is -2.90. The number of unbranched alkanes of at least 4 members (excludes halogenated alkanes) is 2. The molecule has 0 aliphatic heterocycles. The number of benzene rings is 4. The van der Waals surface area contributed by atoms with Gasteiger partial charge < -0.3 is 5.73 Å². The topological polar surface area (TPSA) is 26.0 Å². The fourth-order valence-corrected chi connectivity index (χ4v) is 3.90. The summed E-state index contributed by atoms with van der Waals surface area (Å²) in [6.07, 6.45) is 5.04. The highest BCUT2D eigenvalue weighted by atomic mass is 14.5. The number of hydrogen-bond acceptors (Lipinski definition) is 1. The second-order valence-corrected chi connectivity index (χ2v) is 7.83. The Bertz CT molecular complexity index is 1080. The number of aryl methyl sites for hydroxylation is 1. The molecule has 0 saturated heterocycles. The van der Waals surface area contributed by atoms with Crippen molar-refractivity contribution >= 4 is 10.8 Å². The van der Waals surface area contributed by atoms with Crippen molar-refractivity contribution in [3.8, 4) is 22.3 Å². The Labute approximate surface area is 174 Å². The summed E-state index contributed by atoms with van der Waals surface area (Å²) < 4.78 is 0. The molecule has 0 radical (unpaired) electrons. The van der Waals surface area contributed by atoms with Gasteiger partial charge in [0.05, 0.1) is 0 Å². The van der Waals surface area contributed by atoms with Gasteiger partial charge >= 0.3 is 0 Å². The molecular formula is C28H29N. The quantitative estimate of drug-likeness (QED) is 0.333. The normalized spacial score (nSPS) is 11.1. The van der Waals surface area contributed by atoms with Gasteiger partial charge in [-0.05, 0) is 63.1 Å². The molecular weight excluding hydrogens is 350 g/mol. The van der Waals surface area contributed by atoms with Crippen molar-refractivity contribution in [1.82, 2.24) is 0 Å². The lowest BCUT2D eigenvalue weighted by Gasteiger charge is -2.08. The Morgan fingerprint density at radius 1 is 0.552 bits per heavy atom. The zero-order chi connectivity index (χ0) is 20.1. The van der Waals surface area contributed by atoms with Gasteiger partial charge in [-0.25, -0.2) is 0 Å². The molecule has 29 heavy (non-hydrogen) atoms. The van der Waals surface area contributed by atoms with Crippen LogP contribution in [-0.2, 0) is 13.0 Å². The summed E-state index contributed by atoms with van der Waals surface area (Å²) in [5.41, 5.74) is 13.3. The summed E-state index contributed by atoms with van der Waals surface area (Å²) in [7, 11) is 0. The molecule has 0 spiro atoms. The lowest BCUT2D eigenvalue weighted by Crippen LogP contribution is -1.95. The first-order chi connectivity index (χ1) is 14.3. The molecule has 0 aromatic heterocycles. The average molecular weight is 380 g/mol. The molecule has 1 heteroatoms. The molecule has 0 heterocycles. The molecule has 0 fully saturated rings. The second kappa shape index (κ2) is 9.07. The Morgan fingerprint density at radius 2 is 1.07 bits per heavy atom. The minimum atomic E-state index is 0.585. The summed E-state index contributed by atoms with van der Waals surface area (Å²) in [5.74, 6) is 0. The van der Waals surface area contributed by atoms with Crippen LogP contribution < -0.4 is 5.73 Å². The van der Waals surface area contributed by atoms with Crippen molar-refractivity contribution in [3.63, 3.8) is 0 Å². The van der Waals surface area contributed by atoms with E-state index in [1.807, 2.05) is 0 Å². The van der Waals surface area contributed by atoms with Gasteiger partial charge in [-0.1, -0.05) is 98.6 Å². The highest BCUT2D eigenvalue weighted by Crippen LogP contribution is 2.28. The number of rotatable bonds is 7. The van der Waals surface area contributed by atoms with Crippen LogP contribution in [0.5, 0.6) is 0 Å². The van der Waals surface area contributed by atoms with Crippen LogP contribution in [0.3, 0.4) is 0 Å². The van der Waals surface area contributed by atoms with Crippen molar-refractivity contribution in [2.75, 3.05) is 0 Å². The fourth-order valence-electron chi connectivity index (χ4n) is 3.90. The molecule has 4 aromatic rings. The highest BCUT2D eigenvalue weighted by molar-refractivity contribution is 5.88. The predicted octanol–water partition coefficient (Wildman–Crippen LogP) is 7.37. The van der Waals surface area contributed by atoms with Crippen molar-refractivity contribution in [1.29, 1.82) is 0 Å². The monoisotopic (exact) mass is 379 g/mol. The molecule has 1 nitrogen and oxygen atoms in total. The van der Waals surface area contributed by atoms with E-state index in [0.717, 1.165) is 5.56 Å². The highest BCUT2D eigenvalue weighted by Gasteiger charge is 2.03. The third-order valence-corrected chi connectivity index (χ3v) is 5.71. The van der Waals surface area contributed by atoms with E-state index in [9.17, 15) is 0 Å². The Kier molecular flexibility index (Phi) is 6.07. The van der Waals surface area contributed by atoms with Crippen LogP contribution in [0.1, 0.15) is 37.3 Å². The first-order valence-electron chi connectivity index (χ1n) is 10.7. The first kappa shape index (κ1) is 19.4. The Balaban J connectivity index is 1.54. The molecule has 0 aliphatic carbocycles. The molecule has 146 valence electrons. The molecule has 0 amide bonds. The van der Waals surface area contributed by atoms with E-state index in [1.165, 1.54) is 64.3 Å². The van der Waals surface area contributed by atoms with Gasteiger partial charge in [0.25, 0.3) is 0 Å². The summed E-state index contributed by atoms with van der Waals surface area (Å²) in [5, 5.41) is 2.64. The van der Waals surface area contributed by atoms with Gasteiger partial charge in [0.1, 0.15) is 0 Å². The molecule has 0 bridgehead atoms. The summed E-state index contributed by atoms with van der Waals surface area (Å²) in [4.78, 5) is 0. The molecule has 4 aromatic carbocycles. The van der Waals surface area contributed by atoms with E-state index in [4.69, 9.17) is 5.73 Å². The maximum Gasteiger partial charge on any atom is 0.0178 e. The van der Waals surface area contributed by atoms with Crippen molar-refractivity contribution in [3.05, 3.63) is 96.1 Å². The minimum absolute atomic E-state index is 0.585. The van der Waals surface area contributed by atoms with Gasteiger partial charge in [-0.3, -0.25) is 0 Å². The third-order valence-electron chi connectivity index (χ3n) is 5.71. The number of fused-ring (bicyclic) bond motifs is 1. The lowest BCUT2D eigenvalue weighted by molar-refractivity contribution is 0.718. The summed E-state index contributed by atoms with van der Waals surface area (Å²) in [6, 6.07) is 31.0. The smallest absolute Gasteiger partial charge is 0.0178 e. The third kappa shape index (κ3) is 4.58. The minimum Gasteiger partial charge on any atom is -0.326 e. The maximum absolute atomic E-state index is 5.70. The van der Waals surface area contributed by atoms with Crippen LogP contribution in [0, 0.1) is 0 Å². The van der Waals surface area contributed by atoms with Crippen molar-refractivity contribution < 1.29 is 0 Å². The van der Waals surface area contributed by atoms with Crippen molar-refractivity contribution in [2.24, 2.45) is 5.73 Å². The standard InChI is InChI=1S/C28H29N/c1-2-3-4-5-21-6-11-28-19-27(17-16-26(28)18-21)25-14-12-24(13-15-25)23-9-7-22(20-29)8-10-23/h6-19H,2-5,20,29H2,1H3. The van der Waals surface area contributed by atoms with E-state index >= 15 is 0 Å². The van der Waals surface area contributed by atoms with E-state index in [2.05, 4.69) is 91.9 Å². The van der Waals surface area contributed by atoms with Crippen LogP contribution in [0.15, 0.2) is 84.9 Å². The van der Waals surface area contributed by atoms with Crippen LogP contribution in [0.4, 0.5) is 0 Å². The van der Waals surface area contributed by atoms with E-state index < -0.39 is 0 Å². The number of hydrogen-bond donors (Lipinski definition) is 1. The molecule has 2 N–H and O–H groups in total. The van der Waals surface area contributed by atoms with Crippen LogP contribution in [0.25, 0.3) is 33.0 Å². The van der Waals surface area contributed by atoms with Gasteiger partial charge in [-0.2, -0.15) is 0 Å².